The quantitative estimate of drug-likeness (QED) is 0.859. The molecule has 2 aromatic carbocycles. The van der Waals surface area contributed by atoms with Gasteiger partial charge >= 0.3 is 0 Å². The lowest BCUT2D eigenvalue weighted by Gasteiger charge is -2.34. The fourth-order valence-corrected chi connectivity index (χ4v) is 3.73. The number of carbonyl (C=O) groups is 1. The van der Waals surface area contributed by atoms with Gasteiger partial charge in [0.1, 0.15) is 0 Å². The van der Waals surface area contributed by atoms with Crippen LogP contribution in [-0.2, 0) is 9.47 Å². The molecule has 0 bridgehead atoms. The number of hydrogen-bond acceptors (Lipinski definition) is 3. The molecule has 0 aliphatic carbocycles. The highest BCUT2D eigenvalue weighted by molar-refractivity contribution is 6.00. The van der Waals surface area contributed by atoms with Crippen LogP contribution >= 0.6 is 0 Å². The number of amides is 1. The van der Waals surface area contributed by atoms with Crippen LogP contribution in [0.15, 0.2) is 54.6 Å². The number of benzene rings is 2. The largest absolute Gasteiger partial charge is 0.350 e. The minimum Gasteiger partial charge on any atom is -0.350 e. The van der Waals surface area contributed by atoms with Crippen molar-refractivity contribution in [3.05, 3.63) is 60.2 Å². The normalized spacial score (nSPS) is 19.3. The Morgan fingerprint density at radius 2 is 1.52 bits per heavy atom. The molecule has 2 heterocycles. The number of piperidine rings is 1. The van der Waals surface area contributed by atoms with Gasteiger partial charge < -0.3 is 14.4 Å². The summed E-state index contributed by atoms with van der Waals surface area (Å²) in [5.41, 5.74) is 2.85. The fraction of sp³-hybridized carbons (Fsp3) is 0.381. The van der Waals surface area contributed by atoms with Crippen LogP contribution in [0.3, 0.4) is 0 Å². The molecule has 4 nitrogen and oxygen atoms in total. The summed E-state index contributed by atoms with van der Waals surface area (Å²) in [6.07, 6.45) is 1.79. The molecular formula is C21H23NO3. The number of ether oxygens (including phenoxy) is 2. The zero-order valence-corrected chi connectivity index (χ0v) is 14.3. The van der Waals surface area contributed by atoms with Crippen molar-refractivity contribution in [3.8, 4) is 11.1 Å². The molecule has 0 atom stereocenters. The first-order chi connectivity index (χ1) is 12.3. The summed E-state index contributed by atoms with van der Waals surface area (Å²) in [4.78, 5) is 15.1. The number of nitrogens with zero attached hydrogens (tertiary/aromatic N) is 1. The molecule has 0 aromatic heterocycles. The summed E-state index contributed by atoms with van der Waals surface area (Å²) in [6, 6.07) is 18.0. The summed E-state index contributed by atoms with van der Waals surface area (Å²) in [5.74, 6) is 0.516. The third kappa shape index (κ3) is 3.46. The monoisotopic (exact) mass is 337 g/mol. The molecule has 0 N–H and O–H groups in total. The smallest absolute Gasteiger partial charge is 0.254 e. The molecule has 25 heavy (non-hydrogen) atoms. The summed E-state index contributed by atoms with van der Waals surface area (Å²) >= 11 is 0. The highest BCUT2D eigenvalue weighted by atomic mass is 16.7. The molecular weight excluding hydrogens is 314 g/mol. The maximum absolute atomic E-state index is 13.1. The lowest BCUT2D eigenvalue weighted by Crippen LogP contribution is -2.41. The molecule has 0 radical (unpaired) electrons. The van der Waals surface area contributed by atoms with Gasteiger partial charge in [-0.25, -0.2) is 0 Å². The Kier molecular flexibility index (Phi) is 4.81. The van der Waals surface area contributed by atoms with E-state index in [2.05, 4.69) is 0 Å². The predicted molar refractivity (Wildman–Crippen MR) is 96.2 cm³/mol. The van der Waals surface area contributed by atoms with E-state index in [0.717, 1.165) is 42.6 Å². The maximum atomic E-state index is 13.1. The van der Waals surface area contributed by atoms with Crippen LogP contribution in [0.2, 0.25) is 0 Å². The Balaban J connectivity index is 1.49. The predicted octanol–water partition coefficient (Wildman–Crippen LogP) is 3.58. The van der Waals surface area contributed by atoms with Crippen LogP contribution in [-0.4, -0.2) is 43.4 Å². The highest BCUT2D eigenvalue weighted by Crippen LogP contribution is 2.29. The third-order valence-corrected chi connectivity index (χ3v) is 5.10. The zero-order chi connectivity index (χ0) is 17.1. The SMILES string of the molecule is O=C(c1ccccc1-c1ccccc1)N1CCC(C2OCCO2)CC1. The summed E-state index contributed by atoms with van der Waals surface area (Å²) < 4.78 is 11.2. The Hall–Kier alpha value is -2.17. The Labute approximate surface area is 148 Å². The van der Waals surface area contributed by atoms with Crippen LogP contribution in [0.1, 0.15) is 23.2 Å². The van der Waals surface area contributed by atoms with E-state index in [9.17, 15) is 4.79 Å². The van der Waals surface area contributed by atoms with Gasteiger partial charge in [-0.2, -0.15) is 0 Å². The summed E-state index contributed by atoms with van der Waals surface area (Å²) in [5, 5.41) is 0. The van der Waals surface area contributed by atoms with Crippen LogP contribution in [0.25, 0.3) is 11.1 Å². The maximum Gasteiger partial charge on any atom is 0.254 e. The van der Waals surface area contributed by atoms with Crippen LogP contribution in [0, 0.1) is 5.92 Å². The van der Waals surface area contributed by atoms with Crippen LogP contribution in [0.5, 0.6) is 0 Å². The molecule has 0 saturated carbocycles. The standard InChI is InChI=1S/C21H23NO3/c23-20(22-12-10-17(11-13-22)21-24-14-15-25-21)19-9-5-4-8-18(19)16-6-2-1-3-7-16/h1-9,17,21H,10-15H2. The second-order valence-electron chi connectivity index (χ2n) is 6.65. The Morgan fingerprint density at radius 3 is 2.24 bits per heavy atom. The van der Waals surface area contributed by atoms with E-state index in [1.165, 1.54) is 0 Å². The first-order valence-corrected chi connectivity index (χ1v) is 9.00. The van der Waals surface area contributed by atoms with Crippen molar-refractivity contribution >= 4 is 5.91 Å². The van der Waals surface area contributed by atoms with Crippen molar-refractivity contribution in [2.45, 2.75) is 19.1 Å². The minimum absolute atomic E-state index is 0.0751. The van der Waals surface area contributed by atoms with E-state index < -0.39 is 0 Å². The van der Waals surface area contributed by atoms with E-state index in [4.69, 9.17) is 9.47 Å². The molecule has 2 aliphatic rings. The molecule has 1 amide bonds. The van der Waals surface area contributed by atoms with Gasteiger partial charge in [-0.15, -0.1) is 0 Å². The number of carbonyl (C=O) groups excluding carboxylic acids is 1. The van der Waals surface area contributed by atoms with Gasteiger partial charge in [0.2, 0.25) is 0 Å². The van der Waals surface area contributed by atoms with Gasteiger partial charge in [-0.3, -0.25) is 4.79 Å². The van der Waals surface area contributed by atoms with Gasteiger partial charge in [0.05, 0.1) is 13.2 Å². The first kappa shape index (κ1) is 16.3. The second-order valence-corrected chi connectivity index (χ2v) is 6.65. The van der Waals surface area contributed by atoms with E-state index >= 15 is 0 Å². The lowest BCUT2D eigenvalue weighted by molar-refractivity contribution is -0.0956. The summed E-state index contributed by atoms with van der Waals surface area (Å²) in [6.45, 7) is 2.90. The van der Waals surface area contributed by atoms with Gasteiger partial charge in [-0.05, 0) is 30.0 Å². The van der Waals surface area contributed by atoms with Gasteiger partial charge in [0.25, 0.3) is 5.91 Å². The zero-order valence-electron chi connectivity index (χ0n) is 14.3. The highest BCUT2D eigenvalue weighted by Gasteiger charge is 2.32. The third-order valence-electron chi connectivity index (χ3n) is 5.10. The van der Waals surface area contributed by atoms with E-state index in [1.54, 1.807) is 0 Å². The van der Waals surface area contributed by atoms with Crippen molar-refractivity contribution in [2.24, 2.45) is 5.92 Å². The molecule has 4 rings (SSSR count). The topological polar surface area (TPSA) is 38.8 Å². The van der Waals surface area contributed by atoms with Crippen molar-refractivity contribution in [1.82, 2.24) is 4.90 Å². The van der Waals surface area contributed by atoms with Crippen molar-refractivity contribution in [2.75, 3.05) is 26.3 Å². The second kappa shape index (κ2) is 7.38. The average molecular weight is 337 g/mol. The van der Waals surface area contributed by atoms with Gasteiger partial charge in [0.15, 0.2) is 6.29 Å². The van der Waals surface area contributed by atoms with E-state index in [-0.39, 0.29) is 12.2 Å². The first-order valence-electron chi connectivity index (χ1n) is 9.00. The molecule has 2 aromatic rings. The molecule has 4 heteroatoms. The number of likely N-dealkylation sites (tertiary alicyclic amines) is 1. The Bertz CT molecular complexity index is 717. The van der Waals surface area contributed by atoms with E-state index in [1.807, 2.05) is 59.5 Å². The van der Waals surface area contributed by atoms with Crippen LogP contribution < -0.4 is 0 Å². The molecule has 0 unspecified atom stereocenters. The molecule has 2 saturated heterocycles. The molecule has 130 valence electrons. The lowest BCUT2D eigenvalue weighted by atomic mass is 9.94. The van der Waals surface area contributed by atoms with E-state index in [0.29, 0.717) is 19.1 Å². The minimum atomic E-state index is -0.0751. The molecule has 2 aliphatic heterocycles. The summed E-state index contributed by atoms with van der Waals surface area (Å²) in [7, 11) is 0. The van der Waals surface area contributed by atoms with Crippen molar-refractivity contribution in [3.63, 3.8) is 0 Å². The van der Waals surface area contributed by atoms with Gasteiger partial charge in [-0.1, -0.05) is 48.5 Å². The molecule has 2 fully saturated rings. The van der Waals surface area contributed by atoms with Crippen molar-refractivity contribution in [1.29, 1.82) is 0 Å². The number of hydrogen-bond donors (Lipinski definition) is 0. The molecule has 0 spiro atoms. The van der Waals surface area contributed by atoms with Gasteiger partial charge in [0, 0.05) is 24.6 Å². The Morgan fingerprint density at radius 1 is 0.880 bits per heavy atom. The van der Waals surface area contributed by atoms with Crippen LogP contribution in [0.4, 0.5) is 0 Å². The fourth-order valence-electron chi connectivity index (χ4n) is 3.73. The average Bonchev–Trinajstić information content (AvgIpc) is 3.23. The number of rotatable bonds is 3. The van der Waals surface area contributed by atoms with Crippen molar-refractivity contribution < 1.29 is 14.3 Å².